The molecule has 25 heavy (non-hydrogen) atoms. The third kappa shape index (κ3) is 2.47. The molecule has 1 atom stereocenters. The van der Waals surface area contributed by atoms with E-state index in [-0.39, 0.29) is 0 Å². The zero-order valence-electron chi connectivity index (χ0n) is 14.6. The van der Waals surface area contributed by atoms with Crippen LogP contribution in [0, 0.1) is 20.8 Å². The van der Waals surface area contributed by atoms with Gasteiger partial charge in [0.25, 0.3) is 0 Å². The molecule has 3 aromatic rings. The third-order valence-electron chi connectivity index (χ3n) is 4.51. The Kier molecular flexibility index (Phi) is 3.70. The van der Waals surface area contributed by atoms with E-state index in [1.54, 1.807) is 0 Å². The van der Waals surface area contributed by atoms with E-state index in [1.165, 1.54) is 5.56 Å². The summed E-state index contributed by atoms with van der Waals surface area (Å²) >= 11 is 0. The molecule has 4 heteroatoms. The van der Waals surface area contributed by atoms with Crippen LogP contribution in [-0.4, -0.2) is 0 Å². The van der Waals surface area contributed by atoms with Gasteiger partial charge in [-0.1, -0.05) is 48.0 Å². The zero-order chi connectivity index (χ0) is 17.6. The number of rotatable bonds is 2. The molecule has 0 saturated heterocycles. The van der Waals surface area contributed by atoms with Crippen molar-refractivity contribution in [3.8, 4) is 5.75 Å². The van der Waals surface area contributed by atoms with Gasteiger partial charge in [-0.3, -0.25) is 4.67 Å². The van der Waals surface area contributed by atoms with E-state index in [9.17, 15) is 4.57 Å². The van der Waals surface area contributed by atoms with Gasteiger partial charge in [-0.2, -0.15) is 0 Å². The van der Waals surface area contributed by atoms with Crippen LogP contribution < -0.4 is 14.5 Å². The molecule has 0 bridgehead atoms. The normalized spacial score (nSPS) is 18.8. The lowest BCUT2D eigenvalue weighted by molar-refractivity contribution is 0.505. The molecular formula is C21H20NO2P. The summed E-state index contributed by atoms with van der Waals surface area (Å²) in [6.45, 7) is 6.20. The lowest BCUT2D eigenvalue weighted by atomic mass is 10.0. The van der Waals surface area contributed by atoms with E-state index in [1.807, 2.05) is 59.3 Å². The van der Waals surface area contributed by atoms with Crippen LogP contribution in [0.25, 0.3) is 0 Å². The fraction of sp³-hybridized carbons (Fsp3) is 0.143. The Hall–Kier alpha value is -2.51. The van der Waals surface area contributed by atoms with Gasteiger partial charge in [0, 0.05) is 0 Å². The minimum absolute atomic E-state index is 0.661. The average molecular weight is 349 g/mol. The Morgan fingerprint density at radius 1 is 0.840 bits per heavy atom. The van der Waals surface area contributed by atoms with Gasteiger partial charge < -0.3 is 4.52 Å². The number of anilines is 2. The van der Waals surface area contributed by atoms with Gasteiger partial charge in [0.2, 0.25) is 0 Å². The van der Waals surface area contributed by atoms with Crippen molar-refractivity contribution in [3.63, 3.8) is 0 Å². The average Bonchev–Trinajstić information content (AvgIpc) is 2.89. The van der Waals surface area contributed by atoms with Crippen LogP contribution in [0.5, 0.6) is 5.75 Å². The summed E-state index contributed by atoms with van der Waals surface area (Å²) in [6.07, 6.45) is 0. The van der Waals surface area contributed by atoms with E-state index in [4.69, 9.17) is 4.52 Å². The highest BCUT2D eigenvalue weighted by molar-refractivity contribution is 7.69. The molecule has 3 nitrogen and oxygen atoms in total. The molecule has 0 amide bonds. The first-order valence-electron chi connectivity index (χ1n) is 8.33. The van der Waals surface area contributed by atoms with Crippen LogP contribution in [0.1, 0.15) is 16.7 Å². The number of benzene rings is 3. The van der Waals surface area contributed by atoms with Gasteiger partial charge >= 0.3 is 7.52 Å². The van der Waals surface area contributed by atoms with Crippen molar-refractivity contribution in [2.45, 2.75) is 20.8 Å². The number of nitrogens with zero attached hydrogens (tertiary/aromatic N) is 1. The molecule has 126 valence electrons. The molecule has 0 radical (unpaired) electrons. The smallest absolute Gasteiger partial charge is 0.378 e. The van der Waals surface area contributed by atoms with Crippen LogP contribution in [-0.2, 0) is 4.57 Å². The van der Waals surface area contributed by atoms with E-state index in [2.05, 4.69) is 32.9 Å². The molecule has 0 N–H and O–H groups in total. The first-order valence-corrected chi connectivity index (χ1v) is 9.91. The van der Waals surface area contributed by atoms with E-state index in [0.29, 0.717) is 11.1 Å². The van der Waals surface area contributed by atoms with E-state index < -0.39 is 7.52 Å². The van der Waals surface area contributed by atoms with Crippen LogP contribution in [0.2, 0.25) is 0 Å². The van der Waals surface area contributed by atoms with Crippen LogP contribution in [0.15, 0.2) is 66.7 Å². The number of fused-ring (bicyclic) bond motifs is 1. The van der Waals surface area contributed by atoms with Crippen LogP contribution >= 0.6 is 7.52 Å². The van der Waals surface area contributed by atoms with E-state index in [0.717, 1.165) is 22.5 Å². The highest BCUT2D eigenvalue weighted by atomic mass is 31.2. The summed E-state index contributed by atoms with van der Waals surface area (Å²) in [5, 5.41) is 0.700. The van der Waals surface area contributed by atoms with Crippen molar-refractivity contribution in [1.29, 1.82) is 0 Å². The van der Waals surface area contributed by atoms with Gasteiger partial charge in [0.15, 0.2) is 5.75 Å². The molecule has 0 saturated carbocycles. The number of hydrogen-bond donors (Lipinski definition) is 0. The van der Waals surface area contributed by atoms with Crippen molar-refractivity contribution >= 4 is 24.2 Å². The Morgan fingerprint density at radius 3 is 2.12 bits per heavy atom. The van der Waals surface area contributed by atoms with Crippen LogP contribution in [0.3, 0.4) is 0 Å². The Labute approximate surface area is 148 Å². The van der Waals surface area contributed by atoms with Crippen LogP contribution in [0.4, 0.5) is 11.4 Å². The highest BCUT2D eigenvalue weighted by Crippen LogP contribution is 2.65. The SMILES string of the molecule is Cc1cc(C)c(N2c3ccccc3OP2(=O)c2ccccc2)c(C)c1. The molecule has 0 fully saturated rings. The van der Waals surface area contributed by atoms with Crippen molar-refractivity contribution in [1.82, 2.24) is 0 Å². The zero-order valence-corrected chi connectivity index (χ0v) is 15.5. The minimum atomic E-state index is -3.27. The predicted molar refractivity (Wildman–Crippen MR) is 104 cm³/mol. The number of hydrogen-bond acceptors (Lipinski definition) is 2. The third-order valence-corrected chi connectivity index (χ3v) is 6.85. The Bertz CT molecular complexity index is 975. The second kappa shape index (κ2) is 5.79. The van der Waals surface area contributed by atoms with Crippen molar-refractivity contribution in [2.75, 3.05) is 4.67 Å². The Morgan fingerprint density at radius 2 is 1.44 bits per heavy atom. The van der Waals surface area contributed by atoms with Gasteiger partial charge in [-0.15, -0.1) is 0 Å². The summed E-state index contributed by atoms with van der Waals surface area (Å²) in [5.74, 6) is 0.661. The molecule has 4 rings (SSSR count). The lowest BCUT2D eigenvalue weighted by Crippen LogP contribution is -2.21. The summed E-state index contributed by atoms with van der Waals surface area (Å²) < 4.78 is 22.1. The molecular weight excluding hydrogens is 329 g/mol. The molecule has 3 aromatic carbocycles. The fourth-order valence-electron chi connectivity index (χ4n) is 3.57. The second-order valence-corrected chi connectivity index (χ2v) is 8.61. The van der Waals surface area contributed by atoms with Crippen molar-refractivity contribution in [2.24, 2.45) is 0 Å². The topological polar surface area (TPSA) is 29.5 Å². The second-order valence-electron chi connectivity index (χ2n) is 6.47. The predicted octanol–water partition coefficient (Wildman–Crippen LogP) is 5.66. The quantitative estimate of drug-likeness (QED) is 0.559. The summed E-state index contributed by atoms with van der Waals surface area (Å²) in [6, 6.07) is 21.4. The maximum Gasteiger partial charge on any atom is 0.378 e. The maximum atomic E-state index is 14.1. The molecule has 0 aliphatic carbocycles. The molecule has 1 heterocycles. The largest absolute Gasteiger partial charge is 0.423 e. The fourth-order valence-corrected chi connectivity index (χ4v) is 5.98. The Balaban J connectivity index is 2.01. The first kappa shape index (κ1) is 16.0. The first-order chi connectivity index (χ1) is 12.0. The summed E-state index contributed by atoms with van der Waals surface area (Å²) in [7, 11) is -3.27. The summed E-state index contributed by atoms with van der Waals surface area (Å²) in [5.41, 5.74) is 5.19. The highest BCUT2D eigenvalue weighted by Gasteiger charge is 2.45. The van der Waals surface area contributed by atoms with Crippen molar-refractivity contribution in [3.05, 3.63) is 83.4 Å². The minimum Gasteiger partial charge on any atom is -0.423 e. The van der Waals surface area contributed by atoms with Gasteiger partial charge in [-0.25, -0.2) is 4.57 Å². The van der Waals surface area contributed by atoms with E-state index >= 15 is 0 Å². The van der Waals surface area contributed by atoms with Gasteiger partial charge in [0.05, 0.1) is 16.7 Å². The molecule has 0 spiro atoms. The molecule has 0 aromatic heterocycles. The van der Waals surface area contributed by atoms with Gasteiger partial charge in [-0.05, 0) is 56.2 Å². The monoisotopic (exact) mass is 349 g/mol. The lowest BCUT2D eigenvalue weighted by Gasteiger charge is -2.28. The van der Waals surface area contributed by atoms with Crippen molar-refractivity contribution < 1.29 is 9.09 Å². The number of aryl methyl sites for hydroxylation is 3. The number of para-hydroxylation sites is 2. The molecule has 1 aliphatic rings. The molecule has 1 unspecified atom stereocenters. The van der Waals surface area contributed by atoms with Gasteiger partial charge in [0.1, 0.15) is 0 Å². The summed E-state index contributed by atoms with van der Waals surface area (Å²) in [4.78, 5) is 0. The standard InChI is InChI=1S/C21H20NO2P/c1-15-13-16(2)21(17(3)14-15)22-19-11-7-8-12-20(19)24-25(22,23)18-9-5-4-6-10-18/h4-14H,1-3H3. The maximum absolute atomic E-state index is 14.1. The molecule has 1 aliphatic heterocycles.